The van der Waals surface area contributed by atoms with Gasteiger partial charge in [-0.25, -0.2) is 0 Å². The lowest BCUT2D eigenvalue weighted by Crippen LogP contribution is -2.14. The number of aryl methyl sites for hydroxylation is 1. The van der Waals surface area contributed by atoms with Crippen LogP contribution < -0.4 is 10.6 Å². The van der Waals surface area contributed by atoms with E-state index in [0.29, 0.717) is 0 Å². The van der Waals surface area contributed by atoms with Crippen LogP contribution in [-0.4, -0.2) is 10.8 Å². The molecule has 0 spiro atoms. The van der Waals surface area contributed by atoms with Gasteiger partial charge < -0.3 is 10.6 Å². The van der Waals surface area contributed by atoms with Gasteiger partial charge in [-0.05, 0) is 36.2 Å². The van der Waals surface area contributed by atoms with E-state index < -0.39 is 10.8 Å². The van der Waals surface area contributed by atoms with Gasteiger partial charge in [-0.1, -0.05) is 30.7 Å². The van der Waals surface area contributed by atoms with Gasteiger partial charge >= 0.3 is 0 Å². The topological polar surface area (TPSA) is 108 Å². The maximum atomic E-state index is 12.2. The van der Waals surface area contributed by atoms with Crippen molar-refractivity contribution in [1.82, 2.24) is 0 Å². The fraction of sp³-hybridized carbons (Fsp3) is 0.111. The zero-order valence-electron chi connectivity index (χ0n) is 13.8. The number of anilines is 2. The van der Waals surface area contributed by atoms with Crippen LogP contribution in [0.3, 0.4) is 0 Å². The molecule has 2 aromatic rings. The molecule has 2 N–H and O–H groups in total. The molecule has 2 aromatic carbocycles. The van der Waals surface area contributed by atoms with E-state index in [1.165, 1.54) is 23.9 Å². The van der Waals surface area contributed by atoms with E-state index in [4.69, 9.17) is 11.6 Å². The highest BCUT2D eigenvalue weighted by molar-refractivity contribution is 6.32. The number of nitrogens with zero attached hydrogens (tertiary/aromatic N) is 2. The first-order valence-corrected chi connectivity index (χ1v) is 8.03. The second-order valence-corrected chi connectivity index (χ2v) is 5.65. The molecular formula is C18H15ClN4O3. The summed E-state index contributed by atoms with van der Waals surface area (Å²) >= 11 is 5.73. The van der Waals surface area contributed by atoms with Crippen molar-refractivity contribution in [2.75, 3.05) is 10.6 Å². The van der Waals surface area contributed by atoms with Crippen molar-refractivity contribution < 1.29 is 9.72 Å². The molecule has 0 aliphatic heterocycles. The first-order chi connectivity index (χ1) is 12.4. The number of rotatable bonds is 6. The molecule has 0 saturated heterocycles. The van der Waals surface area contributed by atoms with Gasteiger partial charge in [0.25, 0.3) is 11.6 Å². The lowest BCUT2D eigenvalue weighted by Gasteiger charge is -2.06. The van der Waals surface area contributed by atoms with Crippen molar-refractivity contribution in [3.63, 3.8) is 0 Å². The SMILES string of the molecule is CCc1ccc(N/C=C(/C#N)C(=O)Nc2ccc(Cl)c([N+](=O)[O-])c2)cc1. The Hall–Kier alpha value is -3.37. The molecule has 132 valence electrons. The van der Waals surface area contributed by atoms with Gasteiger partial charge in [-0.2, -0.15) is 5.26 Å². The standard InChI is InChI=1S/C18H15ClN4O3/c1-2-12-3-5-14(6-4-12)21-11-13(10-20)18(24)22-15-7-8-16(19)17(9-15)23(25)26/h3-9,11,21H,2H2,1H3,(H,22,24)/b13-11-. The van der Waals surface area contributed by atoms with Crippen molar-refractivity contribution in [3.8, 4) is 6.07 Å². The molecule has 0 saturated carbocycles. The van der Waals surface area contributed by atoms with Crippen LogP contribution in [0.4, 0.5) is 17.1 Å². The van der Waals surface area contributed by atoms with Crippen LogP contribution >= 0.6 is 11.6 Å². The summed E-state index contributed by atoms with van der Waals surface area (Å²) in [6, 6.07) is 13.2. The smallest absolute Gasteiger partial charge is 0.289 e. The zero-order chi connectivity index (χ0) is 19.1. The summed E-state index contributed by atoms with van der Waals surface area (Å²) in [5, 5.41) is 25.3. The molecule has 0 aliphatic carbocycles. The number of nitrogens with one attached hydrogen (secondary N) is 2. The van der Waals surface area contributed by atoms with Crippen molar-refractivity contribution in [2.24, 2.45) is 0 Å². The Morgan fingerprint density at radius 3 is 2.50 bits per heavy atom. The minimum Gasteiger partial charge on any atom is -0.360 e. The average molecular weight is 371 g/mol. The summed E-state index contributed by atoms with van der Waals surface area (Å²) in [5.74, 6) is -0.693. The molecule has 0 fully saturated rings. The highest BCUT2D eigenvalue weighted by Gasteiger charge is 2.15. The van der Waals surface area contributed by atoms with E-state index in [0.717, 1.165) is 18.2 Å². The number of nitro groups is 1. The fourth-order valence-electron chi connectivity index (χ4n) is 2.07. The normalized spacial score (nSPS) is 10.7. The van der Waals surface area contributed by atoms with Gasteiger partial charge in [0.15, 0.2) is 0 Å². The number of carbonyl (C=O) groups is 1. The van der Waals surface area contributed by atoms with Gasteiger partial charge in [0.05, 0.1) is 4.92 Å². The second-order valence-electron chi connectivity index (χ2n) is 5.24. The molecule has 0 bridgehead atoms. The Morgan fingerprint density at radius 2 is 1.92 bits per heavy atom. The van der Waals surface area contributed by atoms with Crippen molar-refractivity contribution in [3.05, 3.63) is 74.9 Å². The Balaban J connectivity index is 2.11. The van der Waals surface area contributed by atoms with Gasteiger partial charge in [0, 0.05) is 23.6 Å². The highest BCUT2D eigenvalue weighted by Crippen LogP contribution is 2.27. The number of hydrogen-bond donors (Lipinski definition) is 2. The second kappa shape index (κ2) is 8.65. The Bertz CT molecular complexity index is 902. The predicted molar refractivity (Wildman–Crippen MR) is 99.9 cm³/mol. The summed E-state index contributed by atoms with van der Waals surface area (Å²) in [4.78, 5) is 22.4. The Morgan fingerprint density at radius 1 is 1.27 bits per heavy atom. The number of amides is 1. The fourth-order valence-corrected chi connectivity index (χ4v) is 2.26. The van der Waals surface area contributed by atoms with Crippen molar-refractivity contribution in [1.29, 1.82) is 5.26 Å². The monoisotopic (exact) mass is 370 g/mol. The minimum absolute atomic E-state index is 0.0405. The van der Waals surface area contributed by atoms with Crippen LogP contribution in [0.1, 0.15) is 12.5 Å². The molecule has 0 heterocycles. The number of nitriles is 1. The number of benzene rings is 2. The first kappa shape index (κ1) is 19.0. The maximum Gasteiger partial charge on any atom is 0.289 e. The summed E-state index contributed by atoms with van der Waals surface area (Å²) in [6.45, 7) is 2.04. The van der Waals surface area contributed by atoms with Crippen LogP contribution in [0.25, 0.3) is 0 Å². The minimum atomic E-state index is -0.693. The van der Waals surface area contributed by atoms with Crippen LogP contribution in [0.15, 0.2) is 54.2 Å². The molecule has 1 amide bonds. The first-order valence-electron chi connectivity index (χ1n) is 7.65. The van der Waals surface area contributed by atoms with Crippen LogP contribution in [0.5, 0.6) is 0 Å². The molecule has 8 heteroatoms. The van der Waals surface area contributed by atoms with Crippen LogP contribution in [0, 0.1) is 21.4 Å². The van der Waals surface area contributed by atoms with E-state index in [-0.39, 0.29) is 22.0 Å². The largest absolute Gasteiger partial charge is 0.360 e. The summed E-state index contributed by atoms with van der Waals surface area (Å²) in [6.07, 6.45) is 2.19. The molecule has 0 aliphatic rings. The summed E-state index contributed by atoms with van der Waals surface area (Å²) in [5.41, 5.74) is 1.55. The Kier molecular flexibility index (Phi) is 6.31. The number of halogens is 1. The summed E-state index contributed by atoms with van der Waals surface area (Å²) < 4.78 is 0. The number of carbonyl (C=O) groups excluding carboxylic acids is 1. The molecule has 26 heavy (non-hydrogen) atoms. The third-order valence-corrected chi connectivity index (χ3v) is 3.83. The Labute approximate surface area is 155 Å². The third kappa shape index (κ3) is 4.82. The van der Waals surface area contributed by atoms with Crippen molar-refractivity contribution in [2.45, 2.75) is 13.3 Å². The maximum absolute atomic E-state index is 12.2. The third-order valence-electron chi connectivity index (χ3n) is 3.51. The van der Waals surface area contributed by atoms with E-state index in [1.54, 1.807) is 6.07 Å². The molecule has 0 atom stereocenters. The van der Waals surface area contributed by atoms with Gasteiger partial charge in [0.1, 0.15) is 16.7 Å². The van der Waals surface area contributed by atoms with Crippen LogP contribution in [0.2, 0.25) is 5.02 Å². The molecule has 7 nitrogen and oxygen atoms in total. The van der Waals surface area contributed by atoms with E-state index >= 15 is 0 Å². The number of nitro benzene ring substituents is 1. The van der Waals surface area contributed by atoms with Crippen molar-refractivity contribution >= 4 is 34.6 Å². The van der Waals surface area contributed by atoms with E-state index in [9.17, 15) is 20.2 Å². The lowest BCUT2D eigenvalue weighted by atomic mass is 10.1. The molecule has 0 radical (unpaired) electrons. The molecule has 2 rings (SSSR count). The number of hydrogen-bond acceptors (Lipinski definition) is 5. The van der Waals surface area contributed by atoms with E-state index in [2.05, 4.69) is 10.6 Å². The quantitative estimate of drug-likeness (QED) is 0.341. The van der Waals surface area contributed by atoms with Gasteiger partial charge in [-0.15, -0.1) is 0 Å². The van der Waals surface area contributed by atoms with Crippen LogP contribution in [-0.2, 0) is 11.2 Å². The van der Waals surface area contributed by atoms with Gasteiger partial charge in [-0.3, -0.25) is 14.9 Å². The summed E-state index contributed by atoms with van der Waals surface area (Å²) in [7, 11) is 0. The predicted octanol–water partition coefficient (Wildman–Crippen LogP) is 4.27. The molecule has 0 aromatic heterocycles. The lowest BCUT2D eigenvalue weighted by molar-refractivity contribution is -0.384. The van der Waals surface area contributed by atoms with E-state index in [1.807, 2.05) is 31.2 Å². The molecular weight excluding hydrogens is 356 g/mol. The highest BCUT2D eigenvalue weighted by atomic mass is 35.5. The zero-order valence-corrected chi connectivity index (χ0v) is 14.6. The van der Waals surface area contributed by atoms with Gasteiger partial charge in [0.2, 0.25) is 0 Å². The molecule has 0 unspecified atom stereocenters. The average Bonchev–Trinajstić information content (AvgIpc) is 2.64.